The molecule has 33 heavy (non-hydrogen) atoms. The van der Waals surface area contributed by atoms with Gasteiger partial charge in [0.25, 0.3) is 0 Å². The number of rotatable bonds is 7. The van der Waals surface area contributed by atoms with Crippen molar-refractivity contribution >= 4 is 11.9 Å². The lowest BCUT2D eigenvalue weighted by molar-refractivity contribution is -0.125. The maximum atomic E-state index is 14.4. The highest BCUT2D eigenvalue weighted by atomic mass is 19.1. The van der Waals surface area contributed by atoms with Gasteiger partial charge in [-0.15, -0.1) is 0 Å². The first kappa shape index (κ1) is 23.4. The van der Waals surface area contributed by atoms with Crippen molar-refractivity contribution in [1.29, 1.82) is 0 Å². The van der Waals surface area contributed by atoms with Crippen LogP contribution in [0, 0.1) is 17.7 Å². The van der Waals surface area contributed by atoms with Crippen molar-refractivity contribution in [3.8, 4) is 11.3 Å². The Kier molecular flexibility index (Phi) is 7.08. The molecular formula is C26H33FN4O2. The predicted octanol–water partition coefficient (Wildman–Crippen LogP) is 4.54. The molecule has 4 rings (SSSR count). The number of imide groups is 1. The van der Waals surface area contributed by atoms with Gasteiger partial charge in [-0.25, -0.2) is 14.2 Å². The van der Waals surface area contributed by atoms with Crippen LogP contribution in [-0.2, 0) is 17.9 Å². The summed E-state index contributed by atoms with van der Waals surface area (Å²) in [6.07, 6.45) is 2.37. The third-order valence-corrected chi connectivity index (χ3v) is 6.33. The molecule has 1 atom stereocenters. The topological polar surface area (TPSA) is 56.8 Å². The van der Waals surface area contributed by atoms with Crippen molar-refractivity contribution < 1.29 is 14.0 Å². The van der Waals surface area contributed by atoms with Gasteiger partial charge in [0.2, 0.25) is 5.91 Å². The number of pyridine rings is 1. The van der Waals surface area contributed by atoms with Crippen molar-refractivity contribution in [2.45, 2.75) is 46.7 Å². The zero-order valence-electron chi connectivity index (χ0n) is 19.8. The van der Waals surface area contributed by atoms with Gasteiger partial charge in [0.1, 0.15) is 12.4 Å². The number of benzene rings is 1. The van der Waals surface area contributed by atoms with Crippen LogP contribution in [0.5, 0.6) is 0 Å². The summed E-state index contributed by atoms with van der Waals surface area (Å²) in [6, 6.07) is 10.7. The summed E-state index contributed by atoms with van der Waals surface area (Å²) in [7, 11) is 0. The van der Waals surface area contributed by atoms with E-state index in [1.54, 1.807) is 11.0 Å². The first-order valence-corrected chi connectivity index (χ1v) is 11.9. The molecule has 1 aromatic heterocycles. The van der Waals surface area contributed by atoms with Crippen molar-refractivity contribution in [2.75, 3.05) is 26.2 Å². The predicted molar refractivity (Wildman–Crippen MR) is 126 cm³/mol. The van der Waals surface area contributed by atoms with Gasteiger partial charge in [-0.05, 0) is 48.9 Å². The minimum atomic E-state index is -0.267. The molecule has 176 valence electrons. The fourth-order valence-electron chi connectivity index (χ4n) is 4.66. The Hall–Kier alpha value is -2.80. The van der Waals surface area contributed by atoms with E-state index in [-0.39, 0.29) is 30.2 Å². The smallest absolute Gasteiger partial charge is 0.311 e. The lowest BCUT2D eigenvalue weighted by Crippen LogP contribution is -2.35. The molecule has 6 nitrogen and oxygen atoms in total. The van der Waals surface area contributed by atoms with E-state index in [1.807, 2.05) is 38.1 Å². The van der Waals surface area contributed by atoms with E-state index in [0.717, 1.165) is 36.3 Å². The number of carbonyl (C=O) groups is 2. The lowest BCUT2D eigenvalue weighted by atomic mass is 10.00. The summed E-state index contributed by atoms with van der Waals surface area (Å²) in [5, 5.41) is 0. The second-order valence-corrected chi connectivity index (χ2v) is 9.84. The van der Waals surface area contributed by atoms with E-state index in [4.69, 9.17) is 0 Å². The average molecular weight is 453 g/mol. The number of piperidine rings is 1. The molecule has 2 saturated heterocycles. The summed E-state index contributed by atoms with van der Waals surface area (Å²) in [5.74, 6) is 0.463. The fraction of sp³-hybridized carbons (Fsp3) is 0.500. The number of likely N-dealkylation sites (tertiary alicyclic amines) is 1. The Bertz CT molecular complexity index is 1010. The molecular weight excluding hydrogens is 419 g/mol. The minimum Gasteiger partial charge on any atom is -0.311 e. The minimum absolute atomic E-state index is 0.116. The first-order valence-electron chi connectivity index (χ1n) is 11.9. The molecule has 2 fully saturated rings. The summed E-state index contributed by atoms with van der Waals surface area (Å²) in [4.78, 5) is 34.6. The Balaban J connectivity index is 1.43. The quantitative estimate of drug-likeness (QED) is 0.579. The van der Waals surface area contributed by atoms with E-state index in [2.05, 4.69) is 16.8 Å². The Morgan fingerprint density at radius 1 is 1.09 bits per heavy atom. The lowest BCUT2D eigenvalue weighted by Gasteiger charge is -2.30. The maximum Gasteiger partial charge on any atom is 0.327 e. The highest BCUT2D eigenvalue weighted by Gasteiger charge is 2.35. The van der Waals surface area contributed by atoms with E-state index >= 15 is 0 Å². The molecule has 0 N–H and O–H groups in total. The maximum absolute atomic E-state index is 14.4. The Labute approximate surface area is 195 Å². The standard InChI is InChI=1S/C26H33FN4O2/c1-18(2)13-31-25(32)17-30(26(31)33)15-20-6-8-21(9-7-20)23-11-10-22(27)24(28-23)16-29-12-4-5-19(3)14-29/h6-11,18-19H,4-5,12-17H2,1-3H3. The van der Waals surface area contributed by atoms with Gasteiger partial charge in [0, 0.05) is 31.7 Å². The average Bonchev–Trinajstić information content (AvgIpc) is 3.03. The van der Waals surface area contributed by atoms with E-state index < -0.39 is 0 Å². The van der Waals surface area contributed by atoms with Gasteiger partial charge in [0.05, 0.1) is 11.4 Å². The molecule has 2 aromatic rings. The van der Waals surface area contributed by atoms with Crippen molar-refractivity contribution in [2.24, 2.45) is 11.8 Å². The second-order valence-electron chi connectivity index (χ2n) is 9.84. The largest absolute Gasteiger partial charge is 0.327 e. The summed E-state index contributed by atoms with van der Waals surface area (Å²) < 4.78 is 14.4. The third kappa shape index (κ3) is 5.58. The normalized spacial score (nSPS) is 19.7. The van der Waals surface area contributed by atoms with Crippen molar-refractivity contribution in [3.63, 3.8) is 0 Å². The summed E-state index contributed by atoms with van der Waals surface area (Å²) >= 11 is 0. The Morgan fingerprint density at radius 2 is 1.85 bits per heavy atom. The fourth-order valence-corrected chi connectivity index (χ4v) is 4.66. The molecule has 2 aliphatic heterocycles. The number of carbonyl (C=O) groups excluding carboxylic acids is 2. The number of hydrogen-bond donors (Lipinski definition) is 0. The molecule has 0 saturated carbocycles. The molecule has 2 aliphatic rings. The van der Waals surface area contributed by atoms with E-state index in [9.17, 15) is 14.0 Å². The monoisotopic (exact) mass is 452 g/mol. The molecule has 3 amide bonds. The zero-order valence-corrected chi connectivity index (χ0v) is 19.8. The van der Waals surface area contributed by atoms with E-state index in [0.29, 0.717) is 31.2 Å². The van der Waals surface area contributed by atoms with Gasteiger partial charge >= 0.3 is 6.03 Å². The SMILES string of the molecule is CC(C)CN1C(=O)CN(Cc2ccc(-c3ccc(F)c(CN4CCCC(C)C4)n3)cc2)C1=O. The molecule has 0 spiro atoms. The van der Waals surface area contributed by atoms with Gasteiger partial charge in [0.15, 0.2) is 0 Å². The van der Waals surface area contributed by atoms with Crippen LogP contribution in [0.3, 0.4) is 0 Å². The molecule has 7 heteroatoms. The van der Waals surface area contributed by atoms with Crippen LogP contribution >= 0.6 is 0 Å². The van der Waals surface area contributed by atoms with Crippen LogP contribution in [0.15, 0.2) is 36.4 Å². The van der Waals surface area contributed by atoms with Gasteiger partial charge in [-0.3, -0.25) is 14.6 Å². The molecule has 0 aliphatic carbocycles. The first-order chi connectivity index (χ1) is 15.8. The highest BCUT2D eigenvalue weighted by Crippen LogP contribution is 2.23. The molecule has 1 aromatic carbocycles. The van der Waals surface area contributed by atoms with E-state index in [1.165, 1.54) is 17.4 Å². The van der Waals surface area contributed by atoms with Crippen LogP contribution in [0.25, 0.3) is 11.3 Å². The van der Waals surface area contributed by atoms with Crippen LogP contribution in [-0.4, -0.2) is 57.8 Å². The molecule has 0 bridgehead atoms. The Morgan fingerprint density at radius 3 is 2.55 bits per heavy atom. The molecule has 0 radical (unpaired) electrons. The van der Waals surface area contributed by atoms with Crippen molar-refractivity contribution in [1.82, 2.24) is 19.7 Å². The number of nitrogens with zero attached hydrogens (tertiary/aromatic N) is 4. The van der Waals surface area contributed by atoms with Gasteiger partial charge in [-0.1, -0.05) is 45.0 Å². The van der Waals surface area contributed by atoms with Crippen molar-refractivity contribution in [3.05, 3.63) is 53.5 Å². The summed E-state index contributed by atoms with van der Waals surface area (Å²) in [6.45, 7) is 9.65. The van der Waals surface area contributed by atoms with Crippen LogP contribution in [0.1, 0.15) is 44.9 Å². The number of urea groups is 1. The van der Waals surface area contributed by atoms with Crippen LogP contribution in [0.2, 0.25) is 0 Å². The highest BCUT2D eigenvalue weighted by molar-refractivity contribution is 6.01. The number of amides is 3. The van der Waals surface area contributed by atoms with Crippen LogP contribution < -0.4 is 0 Å². The van der Waals surface area contributed by atoms with Gasteiger partial charge in [-0.2, -0.15) is 0 Å². The summed E-state index contributed by atoms with van der Waals surface area (Å²) in [5.41, 5.74) is 3.06. The number of halogens is 1. The second kappa shape index (κ2) is 10.00. The zero-order chi connectivity index (χ0) is 23.5. The molecule has 3 heterocycles. The van der Waals surface area contributed by atoms with Gasteiger partial charge < -0.3 is 4.90 Å². The number of aromatic nitrogens is 1. The van der Waals surface area contributed by atoms with Crippen LogP contribution in [0.4, 0.5) is 9.18 Å². The number of hydrogen-bond acceptors (Lipinski definition) is 4. The third-order valence-electron chi connectivity index (χ3n) is 6.33. The molecule has 1 unspecified atom stereocenters.